The van der Waals surface area contributed by atoms with Crippen molar-refractivity contribution in [3.05, 3.63) is 54.2 Å². The van der Waals surface area contributed by atoms with Crippen LogP contribution in [-0.2, 0) is 6.54 Å². The second kappa shape index (κ2) is 4.82. The fourth-order valence-corrected chi connectivity index (χ4v) is 2.29. The largest absolute Gasteiger partial charge is 0.314 e. The van der Waals surface area contributed by atoms with Gasteiger partial charge >= 0.3 is 0 Å². The molecule has 0 aliphatic carbocycles. The number of hydrogen-bond donors (Lipinski definition) is 1. The van der Waals surface area contributed by atoms with E-state index in [4.69, 9.17) is 4.98 Å². The first-order valence-corrected chi connectivity index (χ1v) is 6.33. The third-order valence-electron chi connectivity index (χ3n) is 3.19. The summed E-state index contributed by atoms with van der Waals surface area (Å²) in [7, 11) is 1.93. The lowest BCUT2D eigenvalue weighted by molar-refractivity contribution is 0.785. The first-order chi connectivity index (χ1) is 9.29. The zero-order valence-electron chi connectivity index (χ0n) is 11.1. The molecule has 0 saturated carbocycles. The first kappa shape index (κ1) is 11.9. The summed E-state index contributed by atoms with van der Waals surface area (Å²) in [6, 6.07) is 10.4. The Labute approximate surface area is 112 Å². The number of aryl methyl sites for hydroxylation is 1. The van der Waals surface area contributed by atoms with E-state index in [1.54, 1.807) is 6.20 Å². The first-order valence-electron chi connectivity index (χ1n) is 6.33. The number of nitrogens with one attached hydrogen (secondary N) is 1. The number of rotatable bonds is 3. The lowest BCUT2D eigenvalue weighted by Crippen LogP contribution is -2.09. The van der Waals surface area contributed by atoms with Crippen LogP contribution in [-0.4, -0.2) is 21.6 Å². The number of aromatic nitrogens is 3. The summed E-state index contributed by atoms with van der Waals surface area (Å²) in [5.41, 5.74) is 1.03. The number of hydrogen-bond acceptors (Lipinski definition) is 3. The minimum atomic E-state index is 0.756. The van der Waals surface area contributed by atoms with E-state index in [9.17, 15) is 0 Å². The molecule has 0 radical (unpaired) electrons. The maximum Gasteiger partial charge on any atom is 0.146 e. The van der Waals surface area contributed by atoms with Gasteiger partial charge < -0.3 is 5.32 Å². The van der Waals surface area contributed by atoms with E-state index in [0.29, 0.717) is 0 Å². The van der Waals surface area contributed by atoms with Gasteiger partial charge in [0.2, 0.25) is 0 Å². The van der Waals surface area contributed by atoms with Gasteiger partial charge in [0.25, 0.3) is 0 Å². The molecule has 1 aromatic carbocycles. The van der Waals surface area contributed by atoms with Gasteiger partial charge in [-0.05, 0) is 25.4 Å². The molecule has 0 atom stereocenters. The lowest BCUT2D eigenvalue weighted by Gasteiger charge is -2.11. The van der Waals surface area contributed by atoms with E-state index in [1.807, 2.05) is 30.8 Å². The smallest absolute Gasteiger partial charge is 0.146 e. The van der Waals surface area contributed by atoms with Gasteiger partial charge in [0.15, 0.2) is 0 Å². The highest BCUT2D eigenvalue weighted by atomic mass is 15.1. The topological polar surface area (TPSA) is 42.7 Å². The highest BCUT2D eigenvalue weighted by Gasteiger charge is 2.09. The van der Waals surface area contributed by atoms with Gasteiger partial charge in [0, 0.05) is 24.3 Å². The van der Waals surface area contributed by atoms with Gasteiger partial charge in [-0.1, -0.05) is 24.3 Å². The normalized spacial score (nSPS) is 11.1. The maximum atomic E-state index is 4.75. The van der Waals surface area contributed by atoms with E-state index >= 15 is 0 Å². The van der Waals surface area contributed by atoms with Crippen molar-refractivity contribution < 1.29 is 0 Å². The maximum absolute atomic E-state index is 4.75. The second-order valence-electron chi connectivity index (χ2n) is 4.53. The monoisotopic (exact) mass is 252 g/mol. The minimum absolute atomic E-state index is 0.756. The molecule has 3 rings (SSSR count). The molecule has 3 aromatic rings. The third-order valence-corrected chi connectivity index (χ3v) is 3.19. The Morgan fingerprint density at radius 1 is 1.26 bits per heavy atom. The van der Waals surface area contributed by atoms with Crippen LogP contribution in [0, 0.1) is 6.92 Å². The van der Waals surface area contributed by atoms with Crippen LogP contribution in [0.25, 0.3) is 16.6 Å². The average molecular weight is 252 g/mol. The van der Waals surface area contributed by atoms with Crippen LogP contribution in [0.5, 0.6) is 0 Å². The van der Waals surface area contributed by atoms with Crippen molar-refractivity contribution in [3.63, 3.8) is 0 Å². The summed E-state index contributed by atoms with van der Waals surface area (Å²) in [5.74, 6) is 1.89. The molecule has 2 aromatic heterocycles. The summed E-state index contributed by atoms with van der Waals surface area (Å²) >= 11 is 0. The molecule has 96 valence electrons. The Morgan fingerprint density at radius 3 is 2.84 bits per heavy atom. The Kier molecular flexibility index (Phi) is 3.01. The predicted molar refractivity (Wildman–Crippen MR) is 76.4 cm³/mol. The molecule has 0 unspecified atom stereocenters. The van der Waals surface area contributed by atoms with Gasteiger partial charge in [-0.15, -0.1) is 0 Å². The zero-order valence-corrected chi connectivity index (χ0v) is 11.1. The van der Waals surface area contributed by atoms with Crippen LogP contribution in [0.3, 0.4) is 0 Å². The van der Waals surface area contributed by atoms with Crippen molar-refractivity contribution in [2.45, 2.75) is 13.5 Å². The lowest BCUT2D eigenvalue weighted by atomic mass is 10.1. The van der Waals surface area contributed by atoms with Crippen LogP contribution in [0.1, 0.15) is 11.5 Å². The molecule has 1 N–H and O–H groups in total. The highest BCUT2D eigenvalue weighted by Crippen LogP contribution is 2.22. The van der Waals surface area contributed by atoms with Gasteiger partial charge in [-0.3, -0.25) is 4.57 Å². The number of pyridine rings is 1. The van der Waals surface area contributed by atoms with Crippen molar-refractivity contribution in [1.82, 2.24) is 19.9 Å². The van der Waals surface area contributed by atoms with E-state index in [2.05, 4.69) is 34.6 Å². The molecular weight excluding hydrogens is 236 g/mol. The average Bonchev–Trinajstić information content (AvgIpc) is 2.84. The number of fused-ring (bicyclic) bond motifs is 1. The van der Waals surface area contributed by atoms with Crippen molar-refractivity contribution >= 4 is 10.8 Å². The minimum Gasteiger partial charge on any atom is -0.314 e. The van der Waals surface area contributed by atoms with Gasteiger partial charge in [-0.25, -0.2) is 9.97 Å². The summed E-state index contributed by atoms with van der Waals surface area (Å²) in [6.45, 7) is 2.74. The SMILES string of the molecule is CNCc1cc2ccccc2c(-n2ccnc2C)n1. The molecule has 0 aliphatic rings. The van der Waals surface area contributed by atoms with Crippen molar-refractivity contribution in [3.8, 4) is 5.82 Å². The standard InChI is InChI=1S/C15H16N4/c1-11-17-7-8-19(11)15-14-6-4-3-5-12(14)9-13(18-15)10-16-2/h3-9,16H,10H2,1-2H3. The van der Waals surface area contributed by atoms with Gasteiger partial charge in [0.05, 0.1) is 5.69 Å². The fraction of sp³-hybridized carbons (Fsp3) is 0.200. The van der Waals surface area contributed by atoms with Gasteiger partial charge in [0.1, 0.15) is 11.6 Å². The Hall–Kier alpha value is -2.20. The molecule has 0 fully saturated rings. The van der Waals surface area contributed by atoms with Crippen molar-refractivity contribution in [2.24, 2.45) is 0 Å². The Bertz CT molecular complexity index is 715. The fourth-order valence-electron chi connectivity index (χ4n) is 2.29. The molecule has 0 bridgehead atoms. The van der Waals surface area contributed by atoms with E-state index in [0.717, 1.165) is 29.3 Å². The van der Waals surface area contributed by atoms with Gasteiger partial charge in [-0.2, -0.15) is 0 Å². The number of nitrogens with zero attached hydrogens (tertiary/aromatic N) is 3. The van der Waals surface area contributed by atoms with Crippen LogP contribution < -0.4 is 5.32 Å². The van der Waals surface area contributed by atoms with Crippen LogP contribution >= 0.6 is 0 Å². The Balaban J connectivity index is 2.29. The summed E-state index contributed by atoms with van der Waals surface area (Å²) < 4.78 is 2.03. The van der Waals surface area contributed by atoms with Crippen molar-refractivity contribution in [1.29, 1.82) is 0 Å². The van der Waals surface area contributed by atoms with Crippen LogP contribution in [0.4, 0.5) is 0 Å². The quantitative estimate of drug-likeness (QED) is 0.778. The number of benzene rings is 1. The molecule has 0 spiro atoms. The zero-order chi connectivity index (χ0) is 13.2. The summed E-state index contributed by atoms with van der Waals surface area (Å²) in [6.07, 6.45) is 3.75. The molecule has 19 heavy (non-hydrogen) atoms. The molecular formula is C15H16N4. The third kappa shape index (κ3) is 2.11. The Morgan fingerprint density at radius 2 is 2.11 bits per heavy atom. The predicted octanol–water partition coefficient (Wildman–Crippen LogP) is 2.45. The van der Waals surface area contributed by atoms with Crippen LogP contribution in [0.15, 0.2) is 42.7 Å². The molecule has 0 saturated heterocycles. The highest BCUT2D eigenvalue weighted by molar-refractivity contribution is 5.88. The molecule has 4 heteroatoms. The van der Waals surface area contributed by atoms with Crippen molar-refractivity contribution in [2.75, 3.05) is 7.05 Å². The molecule has 4 nitrogen and oxygen atoms in total. The molecule has 0 aliphatic heterocycles. The molecule has 0 amide bonds. The van der Waals surface area contributed by atoms with E-state index < -0.39 is 0 Å². The van der Waals surface area contributed by atoms with E-state index in [-0.39, 0.29) is 0 Å². The van der Waals surface area contributed by atoms with Crippen LogP contribution in [0.2, 0.25) is 0 Å². The second-order valence-corrected chi connectivity index (χ2v) is 4.53. The van der Waals surface area contributed by atoms with E-state index in [1.165, 1.54) is 5.39 Å². The summed E-state index contributed by atoms with van der Waals surface area (Å²) in [5, 5.41) is 5.49. The summed E-state index contributed by atoms with van der Waals surface area (Å²) in [4.78, 5) is 9.04. The molecule has 2 heterocycles. The number of imidazole rings is 1.